The number of benzene rings is 2. The molecule has 112 valence electrons. The lowest BCUT2D eigenvalue weighted by atomic mass is 9.99. The lowest BCUT2D eigenvalue weighted by molar-refractivity contribution is -0.274. The molecule has 0 radical (unpaired) electrons. The highest BCUT2D eigenvalue weighted by molar-refractivity contribution is 6.35. The summed E-state index contributed by atoms with van der Waals surface area (Å²) in [5, 5.41) is 0.871. The van der Waals surface area contributed by atoms with Crippen molar-refractivity contribution >= 4 is 23.2 Å². The van der Waals surface area contributed by atoms with Gasteiger partial charge in [-0.3, -0.25) is 0 Å². The average molecular weight is 336 g/mol. The Hall–Kier alpha value is -1.43. The lowest BCUT2D eigenvalue weighted by Crippen LogP contribution is -2.17. The predicted octanol–water partition coefficient (Wildman–Crippen LogP) is 4.94. The molecule has 0 bridgehead atoms. The van der Waals surface area contributed by atoms with Crippen LogP contribution in [0.5, 0.6) is 5.75 Å². The first-order chi connectivity index (χ1) is 9.76. The van der Waals surface area contributed by atoms with Crippen LogP contribution < -0.4 is 10.5 Å². The van der Waals surface area contributed by atoms with Crippen LogP contribution in [0.15, 0.2) is 42.5 Å². The first kappa shape index (κ1) is 15.9. The molecule has 2 aromatic rings. The van der Waals surface area contributed by atoms with E-state index in [4.69, 9.17) is 28.9 Å². The third-order valence-corrected chi connectivity index (χ3v) is 3.33. The Kier molecular flexibility index (Phi) is 4.66. The van der Waals surface area contributed by atoms with Crippen molar-refractivity contribution in [2.45, 2.75) is 12.4 Å². The van der Waals surface area contributed by atoms with E-state index in [-0.39, 0.29) is 5.75 Å². The Morgan fingerprint density at radius 1 is 1.00 bits per heavy atom. The standard InChI is InChI=1S/C14H10Cl2F3NO/c15-9-3-6-11(12(16)7-9)13(20)8-1-4-10(5-2-8)21-14(17,18)19/h1-7,13H,20H2/t13-/m0/s1. The molecule has 1 atom stereocenters. The van der Waals surface area contributed by atoms with Crippen LogP contribution >= 0.6 is 23.2 Å². The number of nitrogens with two attached hydrogens (primary N) is 1. The molecule has 0 heterocycles. The largest absolute Gasteiger partial charge is 0.573 e. The van der Waals surface area contributed by atoms with Crippen LogP contribution in [-0.2, 0) is 0 Å². The van der Waals surface area contributed by atoms with E-state index in [9.17, 15) is 13.2 Å². The first-order valence-corrected chi connectivity index (χ1v) is 6.58. The molecule has 0 aliphatic heterocycles. The maximum atomic E-state index is 12.1. The van der Waals surface area contributed by atoms with E-state index in [0.717, 1.165) is 0 Å². The van der Waals surface area contributed by atoms with E-state index in [0.29, 0.717) is 21.2 Å². The third kappa shape index (κ3) is 4.27. The summed E-state index contributed by atoms with van der Waals surface area (Å²) in [4.78, 5) is 0. The van der Waals surface area contributed by atoms with Gasteiger partial charge in [-0.25, -0.2) is 0 Å². The van der Waals surface area contributed by atoms with Crippen molar-refractivity contribution in [2.75, 3.05) is 0 Å². The van der Waals surface area contributed by atoms with Crippen LogP contribution in [0.2, 0.25) is 10.0 Å². The van der Waals surface area contributed by atoms with Crippen LogP contribution in [0.1, 0.15) is 17.2 Å². The lowest BCUT2D eigenvalue weighted by Gasteiger charge is -2.15. The molecule has 2 aromatic carbocycles. The molecule has 2 nitrogen and oxygen atoms in total. The molecule has 0 saturated heterocycles. The van der Waals surface area contributed by atoms with Crippen LogP contribution in [0.4, 0.5) is 13.2 Å². The molecule has 0 fully saturated rings. The normalized spacial score (nSPS) is 13.0. The van der Waals surface area contributed by atoms with Gasteiger partial charge in [-0.05, 0) is 35.4 Å². The van der Waals surface area contributed by atoms with E-state index in [1.54, 1.807) is 18.2 Å². The van der Waals surface area contributed by atoms with Gasteiger partial charge in [0.1, 0.15) is 5.75 Å². The van der Waals surface area contributed by atoms with Crippen molar-refractivity contribution in [3.05, 3.63) is 63.6 Å². The van der Waals surface area contributed by atoms with Gasteiger partial charge < -0.3 is 10.5 Å². The first-order valence-electron chi connectivity index (χ1n) is 5.82. The maximum absolute atomic E-state index is 12.1. The molecule has 0 spiro atoms. The molecular weight excluding hydrogens is 326 g/mol. The Balaban J connectivity index is 2.22. The van der Waals surface area contributed by atoms with E-state index in [2.05, 4.69) is 4.74 Å². The molecule has 7 heteroatoms. The summed E-state index contributed by atoms with van der Waals surface area (Å²) < 4.78 is 40.0. The number of hydrogen-bond acceptors (Lipinski definition) is 2. The van der Waals surface area contributed by atoms with Crippen molar-refractivity contribution in [1.82, 2.24) is 0 Å². The summed E-state index contributed by atoms with van der Waals surface area (Å²) in [5.41, 5.74) is 7.29. The van der Waals surface area contributed by atoms with Gasteiger partial charge in [-0.1, -0.05) is 41.4 Å². The molecule has 0 unspecified atom stereocenters. The summed E-state index contributed by atoms with van der Waals surface area (Å²) in [6.45, 7) is 0. The van der Waals surface area contributed by atoms with Crippen LogP contribution in [0.25, 0.3) is 0 Å². The smallest absolute Gasteiger partial charge is 0.406 e. The van der Waals surface area contributed by atoms with Crippen molar-refractivity contribution in [2.24, 2.45) is 5.73 Å². The zero-order chi connectivity index (χ0) is 15.6. The number of hydrogen-bond donors (Lipinski definition) is 1. The molecule has 21 heavy (non-hydrogen) atoms. The summed E-state index contributed by atoms with van der Waals surface area (Å²) in [7, 11) is 0. The maximum Gasteiger partial charge on any atom is 0.573 e. The van der Waals surface area contributed by atoms with Gasteiger partial charge in [-0.15, -0.1) is 13.2 Å². The second-order valence-corrected chi connectivity index (χ2v) is 5.10. The SMILES string of the molecule is N[C@@H](c1ccc(OC(F)(F)F)cc1)c1ccc(Cl)cc1Cl. The van der Waals surface area contributed by atoms with Crippen molar-refractivity contribution in [1.29, 1.82) is 0 Å². The fourth-order valence-corrected chi connectivity index (χ4v) is 2.34. The summed E-state index contributed by atoms with van der Waals surface area (Å²) in [6, 6.07) is 9.61. The average Bonchev–Trinajstić information content (AvgIpc) is 2.37. The van der Waals surface area contributed by atoms with Crippen molar-refractivity contribution in [3.8, 4) is 5.75 Å². The fraction of sp³-hybridized carbons (Fsp3) is 0.143. The monoisotopic (exact) mass is 335 g/mol. The van der Waals surface area contributed by atoms with Gasteiger partial charge in [0.05, 0.1) is 6.04 Å². The van der Waals surface area contributed by atoms with E-state index >= 15 is 0 Å². The molecule has 0 amide bonds. The van der Waals surface area contributed by atoms with Crippen molar-refractivity contribution < 1.29 is 17.9 Å². The highest BCUT2D eigenvalue weighted by Gasteiger charge is 2.31. The van der Waals surface area contributed by atoms with Gasteiger partial charge in [0.2, 0.25) is 0 Å². The molecule has 0 aliphatic carbocycles. The minimum Gasteiger partial charge on any atom is -0.406 e. The number of alkyl halides is 3. The minimum absolute atomic E-state index is 0.305. The summed E-state index contributed by atoms with van der Waals surface area (Å²) >= 11 is 11.9. The Labute approximate surface area is 129 Å². The number of rotatable bonds is 3. The van der Waals surface area contributed by atoms with E-state index in [1.807, 2.05) is 0 Å². The Morgan fingerprint density at radius 2 is 1.62 bits per heavy atom. The second kappa shape index (κ2) is 6.13. The minimum atomic E-state index is -4.72. The van der Waals surface area contributed by atoms with E-state index < -0.39 is 12.4 Å². The highest BCUT2D eigenvalue weighted by atomic mass is 35.5. The Morgan fingerprint density at radius 3 is 2.14 bits per heavy atom. The highest BCUT2D eigenvalue weighted by Crippen LogP contribution is 2.30. The molecule has 2 rings (SSSR count). The van der Waals surface area contributed by atoms with Gasteiger partial charge in [0, 0.05) is 10.0 Å². The van der Waals surface area contributed by atoms with Crippen LogP contribution in [0.3, 0.4) is 0 Å². The van der Waals surface area contributed by atoms with Gasteiger partial charge in [0.15, 0.2) is 0 Å². The summed E-state index contributed by atoms with van der Waals surface area (Å²) in [6.07, 6.45) is -4.72. The van der Waals surface area contributed by atoms with E-state index in [1.165, 1.54) is 24.3 Å². The zero-order valence-electron chi connectivity index (χ0n) is 10.5. The number of halogens is 5. The van der Waals surface area contributed by atoms with Crippen molar-refractivity contribution in [3.63, 3.8) is 0 Å². The van der Waals surface area contributed by atoms with Crippen LogP contribution in [0, 0.1) is 0 Å². The second-order valence-electron chi connectivity index (χ2n) is 4.26. The topological polar surface area (TPSA) is 35.2 Å². The molecular formula is C14H10Cl2F3NO. The molecule has 0 aliphatic rings. The Bertz CT molecular complexity index is 629. The third-order valence-electron chi connectivity index (χ3n) is 2.77. The van der Waals surface area contributed by atoms with Gasteiger partial charge >= 0.3 is 6.36 Å². The quantitative estimate of drug-likeness (QED) is 0.862. The van der Waals surface area contributed by atoms with Gasteiger partial charge in [-0.2, -0.15) is 0 Å². The summed E-state index contributed by atoms with van der Waals surface area (Å²) in [5.74, 6) is -0.305. The molecule has 0 aromatic heterocycles. The number of ether oxygens (including phenoxy) is 1. The molecule has 0 saturated carbocycles. The zero-order valence-corrected chi connectivity index (χ0v) is 12.0. The fourth-order valence-electron chi connectivity index (χ4n) is 1.81. The molecule has 2 N–H and O–H groups in total. The predicted molar refractivity (Wildman–Crippen MR) is 75.6 cm³/mol. The van der Waals surface area contributed by atoms with Gasteiger partial charge in [0.25, 0.3) is 0 Å². The van der Waals surface area contributed by atoms with Crippen LogP contribution in [-0.4, -0.2) is 6.36 Å².